The van der Waals surface area contributed by atoms with Gasteiger partial charge in [0.25, 0.3) is 0 Å². The number of aromatic nitrogens is 3. The summed E-state index contributed by atoms with van der Waals surface area (Å²) >= 11 is 6.21. The Balaban J connectivity index is 2.44. The van der Waals surface area contributed by atoms with Gasteiger partial charge in [0.2, 0.25) is 0 Å². The highest BCUT2D eigenvalue weighted by atomic mass is 35.5. The van der Waals surface area contributed by atoms with Crippen molar-refractivity contribution in [2.75, 3.05) is 7.05 Å². The Kier molecular flexibility index (Phi) is 3.76. The summed E-state index contributed by atoms with van der Waals surface area (Å²) < 4.78 is 1.87. The number of nitrogens with zero attached hydrogens (tertiary/aromatic N) is 3. The first-order chi connectivity index (χ1) is 8.27. The summed E-state index contributed by atoms with van der Waals surface area (Å²) in [6.07, 6.45) is 1.57. The van der Waals surface area contributed by atoms with Crippen molar-refractivity contribution in [1.82, 2.24) is 20.1 Å². The van der Waals surface area contributed by atoms with E-state index in [-0.39, 0.29) is 6.04 Å². The molecule has 0 bridgehead atoms. The highest BCUT2D eigenvalue weighted by Crippen LogP contribution is 2.26. The first-order valence-electron chi connectivity index (χ1n) is 5.57. The second-order valence-electron chi connectivity index (χ2n) is 3.68. The monoisotopic (exact) mass is 250 g/mol. The molecule has 1 unspecified atom stereocenters. The molecule has 1 aromatic carbocycles. The van der Waals surface area contributed by atoms with Crippen LogP contribution in [0.15, 0.2) is 30.6 Å². The van der Waals surface area contributed by atoms with Gasteiger partial charge < -0.3 is 5.32 Å². The number of benzene rings is 1. The van der Waals surface area contributed by atoms with Gasteiger partial charge in [-0.2, -0.15) is 5.10 Å². The van der Waals surface area contributed by atoms with Crippen molar-refractivity contribution < 1.29 is 0 Å². The van der Waals surface area contributed by atoms with E-state index >= 15 is 0 Å². The molecule has 1 heterocycles. The molecule has 1 N–H and O–H groups in total. The first kappa shape index (κ1) is 12.1. The van der Waals surface area contributed by atoms with Crippen LogP contribution in [0.25, 0.3) is 0 Å². The maximum Gasteiger partial charge on any atom is 0.148 e. The Hall–Kier alpha value is -1.39. The molecule has 4 nitrogen and oxygen atoms in total. The summed E-state index contributed by atoms with van der Waals surface area (Å²) in [6, 6.07) is 7.74. The Morgan fingerprint density at radius 1 is 1.41 bits per heavy atom. The average Bonchev–Trinajstić information content (AvgIpc) is 2.81. The van der Waals surface area contributed by atoms with Gasteiger partial charge in [0, 0.05) is 11.6 Å². The lowest BCUT2D eigenvalue weighted by Crippen LogP contribution is -2.22. The Bertz CT molecular complexity index is 495. The summed E-state index contributed by atoms with van der Waals surface area (Å²) in [5.41, 5.74) is 1.01. The molecule has 0 fully saturated rings. The average molecular weight is 251 g/mol. The van der Waals surface area contributed by atoms with E-state index in [2.05, 4.69) is 15.4 Å². The van der Waals surface area contributed by atoms with Crippen molar-refractivity contribution in [2.24, 2.45) is 0 Å². The van der Waals surface area contributed by atoms with Crippen LogP contribution in [0.1, 0.15) is 24.4 Å². The zero-order valence-corrected chi connectivity index (χ0v) is 10.6. The lowest BCUT2D eigenvalue weighted by Gasteiger charge is -2.17. The fourth-order valence-corrected chi connectivity index (χ4v) is 2.12. The highest BCUT2D eigenvalue weighted by molar-refractivity contribution is 6.31. The maximum absolute atomic E-state index is 6.21. The SMILES string of the molecule is CCn1ncnc1C(NC)c1ccccc1Cl. The summed E-state index contributed by atoms with van der Waals surface area (Å²) in [4.78, 5) is 4.31. The predicted molar refractivity (Wildman–Crippen MR) is 68.1 cm³/mol. The lowest BCUT2D eigenvalue weighted by atomic mass is 10.1. The quantitative estimate of drug-likeness (QED) is 0.905. The third-order valence-electron chi connectivity index (χ3n) is 2.71. The molecule has 0 aliphatic heterocycles. The number of hydrogen-bond acceptors (Lipinski definition) is 3. The minimum atomic E-state index is -0.0360. The van der Waals surface area contributed by atoms with Crippen LogP contribution in [-0.4, -0.2) is 21.8 Å². The van der Waals surface area contributed by atoms with Gasteiger partial charge in [0.05, 0.1) is 6.04 Å². The second kappa shape index (κ2) is 5.29. The summed E-state index contributed by atoms with van der Waals surface area (Å²) in [5, 5.41) is 8.14. The minimum absolute atomic E-state index is 0.0360. The number of halogens is 1. The standard InChI is InChI=1S/C12H15ClN4/c1-3-17-12(15-8-16-17)11(14-2)9-6-4-5-7-10(9)13/h4-8,11,14H,3H2,1-2H3. The van der Waals surface area contributed by atoms with Gasteiger partial charge in [0.1, 0.15) is 12.2 Å². The summed E-state index contributed by atoms with van der Waals surface area (Å²) in [6.45, 7) is 2.83. The van der Waals surface area contributed by atoms with Crippen LogP contribution in [0.5, 0.6) is 0 Å². The van der Waals surface area contributed by atoms with E-state index in [9.17, 15) is 0 Å². The van der Waals surface area contributed by atoms with Crippen LogP contribution < -0.4 is 5.32 Å². The van der Waals surface area contributed by atoms with Crippen LogP contribution >= 0.6 is 11.6 Å². The first-order valence-corrected chi connectivity index (χ1v) is 5.95. The van der Waals surface area contributed by atoms with E-state index in [1.807, 2.05) is 42.9 Å². The molecule has 0 aliphatic rings. The molecule has 0 saturated heterocycles. The van der Waals surface area contributed by atoms with Gasteiger partial charge in [-0.1, -0.05) is 29.8 Å². The highest BCUT2D eigenvalue weighted by Gasteiger charge is 2.19. The van der Waals surface area contributed by atoms with E-state index in [1.54, 1.807) is 6.33 Å². The number of aryl methyl sites for hydroxylation is 1. The van der Waals surface area contributed by atoms with Gasteiger partial charge >= 0.3 is 0 Å². The van der Waals surface area contributed by atoms with Crippen molar-refractivity contribution in [3.63, 3.8) is 0 Å². The molecule has 90 valence electrons. The Morgan fingerprint density at radius 3 is 2.82 bits per heavy atom. The smallest absolute Gasteiger partial charge is 0.148 e. The van der Waals surface area contributed by atoms with E-state index in [1.165, 1.54) is 0 Å². The predicted octanol–water partition coefficient (Wildman–Crippen LogP) is 2.26. The molecule has 1 atom stereocenters. The van der Waals surface area contributed by atoms with Gasteiger partial charge in [-0.05, 0) is 25.6 Å². The number of hydrogen-bond donors (Lipinski definition) is 1. The molecular formula is C12H15ClN4. The van der Waals surface area contributed by atoms with Gasteiger partial charge in [-0.15, -0.1) is 0 Å². The molecule has 0 saturated carbocycles. The topological polar surface area (TPSA) is 42.7 Å². The minimum Gasteiger partial charge on any atom is -0.307 e. The van der Waals surface area contributed by atoms with Crippen molar-refractivity contribution in [3.05, 3.63) is 47.0 Å². The van der Waals surface area contributed by atoms with Crippen LogP contribution in [0.3, 0.4) is 0 Å². The molecule has 5 heteroatoms. The zero-order chi connectivity index (χ0) is 12.3. The molecule has 0 radical (unpaired) electrons. The normalized spacial score (nSPS) is 12.6. The molecule has 17 heavy (non-hydrogen) atoms. The van der Waals surface area contributed by atoms with Gasteiger partial charge in [-0.25, -0.2) is 9.67 Å². The van der Waals surface area contributed by atoms with Crippen LogP contribution in [0.4, 0.5) is 0 Å². The Morgan fingerprint density at radius 2 is 2.18 bits per heavy atom. The number of nitrogens with one attached hydrogen (secondary N) is 1. The molecule has 2 rings (SSSR count). The third-order valence-corrected chi connectivity index (χ3v) is 3.05. The molecule has 2 aromatic rings. The molecular weight excluding hydrogens is 236 g/mol. The van der Waals surface area contributed by atoms with E-state index in [0.717, 1.165) is 23.0 Å². The van der Waals surface area contributed by atoms with Gasteiger partial charge in [0.15, 0.2) is 0 Å². The second-order valence-corrected chi connectivity index (χ2v) is 4.08. The molecule has 0 spiro atoms. The maximum atomic E-state index is 6.21. The van der Waals surface area contributed by atoms with Crippen molar-refractivity contribution >= 4 is 11.6 Å². The summed E-state index contributed by atoms with van der Waals surface area (Å²) in [7, 11) is 1.89. The summed E-state index contributed by atoms with van der Waals surface area (Å²) in [5.74, 6) is 0.878. The van der Waals surface area contributed by atoms with Crippen LogP contribution in [-0.2, 0) is 6.54 Å². The van der Waals surface area contributed by atoms with E-state index in [0.29, 0.717) is 0 Å². The van der Waals surface area contributed by atoms with Crippen molar-refractivity contribution in [3.8, 4) is 0 Å². The van der Waals surface area contributed by atoms with Crippen LogP contribution in [0, 0.1) is 0 Å². The van der Waals surface area contributed by atoms with Gasteiger partial charge in [-0.3, -0.25) is 0 Å². The molecule has 0 amide bonds. The fraction of sp³-hybridized carbons (Fsp3) is 0.333. The molecule has 1 aromatic heterocycles. The molecule has 0 aliphatic carbocycles. The fourth-order valence-electron chi connectivity index (χ4n) is 1.87. The van der Waals surface area contributed by atoms with E-state index in [4.69, 9.17) is 11.6 Å². The van der Waals surface area contributed by atoms with Crippen molar-refractivity contribution in [1.29, 1.82) is 0 Å². The van der Waals surface area contributed by atoms with E-state index < -0.39 is 0 Å². The third kappa shape index (κ3) is 2.33. The largest absolute Gasteiger partial charge is 0.307 e. The number of rotatable bonds is 4. The Labute approximate surface area is 106 Å². The van der Waals surface area contributed by atoms with Crippen molar-refractivity contribution in [2.45, 2.75) is 19.5 Å². The zero-order valence-electron chi connectivity index (χ0n) is 9.89. The van der Waals surface area contributed by atoms with Crippen LogP contribution in [0.2, 0.25) is 5.02 Å². The lowest BCUT2D eigenvalue weighted by molar-refractivity contribution is 0.552.